The SMILES string of the molecule is Cc1ccc(S(=O)(=O)N(C)CC(=O)NCc2ccc(N3CCOCC3)nc2)cc1. The van der Waals surface area contributed by atoms with Crippen molar-refractivity contribution in [2.45, 2.75) is 18.4 Å². The maximum Gasteiger partial charge on any atom is 0.243 e. The van der Waals surface area contributed by atoms with Gasteiger partial charge in [0, 0.05) is 32.9 Å². The number of amides is 1. The minimum Gasteiger partial charge on any atom is -0.378 e. The van der Waals surface area contributed by atoms with E-state index >= 15 is 0 Å². The molecular weight excluding hydrogens is 392 g/mol. The predicted octanol–water partition coefficient (Wildman–Crippen LogP) is 1.16. The van der Waals surface area contributed by atoms with Crippen molar-refractivity contribution in [3.05, 3.63) is 53.7 Å². The summed E-state index contributed by atoms with van der Waals surface area (Å²) in [7, 11) is -2.31. The standard InChI is InChI=1S/C20H26N4O4S/c1-16-3-6-18(7-4-16)29(26,27)23(2)15-20(25)22-14-17-5-8-19(21-13-17)24-9-11-28-12-10-24/h3-8,13H,9-12,14-15H2,1-2H3,(H,22,25). The monoisotopic (exact) mass is 418 g/mol. The lowest BCUT2D eigenvalue weighted by Crippen LogP contribution is -2.38. The second kappa shape index (κ2) is 9.34. The summed E-state index contributed by atoms with van der Waals surface area (Å²) in [4.78, 5) is 19.0. The number of carbonyl (C=O) groups excluding carboxylic acids is 1. The summed E-state index contributed by atoms with van der Waals surface area (Å²) in [5.41, 5.74) is 1.82. The molecule has 1 aromatic heterocycles. The Kier molecular flexibility index (Phi) is 6.83. The number of nitrogens with one attached hydrogen (secondary N) is 1. The second-order valence-corrected chi connectivity index (χ2v) is 9.02. The topological polar surface area (TPSA) is 91.8 Å². The van der Waals surface area contributed by atoms with Gasteiger partial charge in [0.1, 0.15) is 5.82 Å². The molecule has 1 aliphatic rings. The highest BCUT2D eigenvalue weighted by Crippen LogP contribution is 2.15. The molecule has 0 bridgehead atoms. The number of rotatable bonds is 7. The normalized spacial score (nSPS) is 14.8. The number of aryl methyl sites for hydroxylation is 1. The van der Waals surface area contributed by atoms with Crippen molar-refractivity contribution >= 4 is 21.7 Å². The molecule has 2 heterocycles. The highest BCUT2D eigenvalue weighted by molar-refractivity contribution is 7.89. The zero-order valence-electron chi connectivity index (χ0n) is 16.7. The fraction of sp³-hybridized carbons (Fsp3) is 0.400. The van der Waals surface area contributed by atoms with Gasteiger partial charge in [-0.15, -0.1) is 0 Å². The Labute approximate surface area is 171 Å². The van der Waals surface area contributed by atoms with Crippen LogP contribution in [0.15, 0.2) is 47.5 Å². The molecule has 3 rings (SSSR count). The molecule has 0 radical (unpaired) electrons. The molecule has 29 heavy (non-hydrogen) atoms. The van der Waals surface area contributed by atoms with Gasteiger partial charge in [0.2, 0.25) is 15.9 Å². The van der Waals surface area contributed by atoms with Crippen LogP contribution in [0.1, 0.15) is 11.1 Å². The first kappa shape index (κ1) is 21.2. The van der Waals surface area contributed by atoms with Crippen molar-refractivity contribution in [1.82, 2.24) is 14.6 Å². The minimum atomic E-state index is -3.71. The summed E-state index contributed by atoms with van der Waals surface area (Å²) in [5, 5.41) is 2.74. The molecule has 0 unspecified atom stereocenters. The van der Waals surface area contributed by atoms with Gasteiger partial charge in [0.05, 0.1) is 24.7 Å². The zero-order valence-corrected chi connectivity index (χ0v) is 17.5. The predicted molar refractivity (Wildman–Crippen MR) is 110 cm³/mol. The van der Waals surface area contributed by atoms with Crippen LogP contribution in [0.4, 0.5) is 5.82 Å². The number of carbonyl (C=O) groups is 1. The van der Waals surface area contributed by atoms with E-state index in [-0.39, 0.29) is 23.9 Å². The molecule has 156 valence electrons. The summed E-state index contributed by atoms with van der Waals surface area (Å²) in [6.07, 6.45) is 1.72. The van der Waals surface area contributed by atoms with Gasteiger partial charge in [0.15, 0.2) is 0 Å². The first-order valence-corrected chi connectivity index (χ1v) is 10.9. The van der Waals surface area contributed by atoms with Crippen LogP contribution < -0.4 is 10.2 Å². The Hall–Kier alpha value is -2.49. The summed E-state index contributed by atoms with van der Waals surface area (Å²) in [6.45, 7) is 4.92. The van der Waals surface area contributed by atoms with Crippen LogP contribution >= 0.6 is 0 Å². The number of pyridine rings is 1. The molecule has 1 saturated heterocycles. The molecule has 0 spiro atoms. The summed E-state index contributed by atoms with van der Waals surface area (Å²) in [6, 6.07) is 10.4. The fourth-order valence-electron chi connectivity index (χ4n) is 2.93. The maximum absolute atomic E-state index is 12.6. The lowest BCUT2D eigenvalue weighted by Gasteiger charge is -2.27. The molecule has 0 aliphatic carbocycles. The Morgan fingerprint density at radius 2 is 1.86 bits per heavy atom. The molecule has 1 N–H and O–H groups in total. The van der Waals surface area contributed by atoms with E-state index in [2.05, 4.69) is 15.2 Å². The van der Waals surface area contributed by atoms with Gasteiger partial charge >= 0.3 is 0 Å². The summed E-state index contributed by atoms with van der Waals surface area (Å²) >= 11 is 0. The lowest BCUT2D eigenvalue weighted by atomic mass is 10.2. The quantitative estimate of drug-likeness (QED) is 0.726. The molecule has 2 aromatic rings. The van der Waals surface area contributed by atoms with Gasteiger partial charge in [-0.05, 0) is 30.7 Å². The number of sulfonamides is 1. The molecule has 1 aromatic carbocycles. The van der Waals surface area contributed by atoms with Crippen LogP contribution in [0.5, 0.6) is 0 Å². The first-order valence-electron chi connectivity index (χ1n) is 9.43. The average Bonchev–Trinajstić information content (AvgIpc) is 2.73. The molecule has 0 saturated carbocycles. The van der Waals surface area contributed by atoms with Crippen LogP contribution in [0, 0.1) is 6.92 Å². The minimum absolute atomic E-state index is 0.168. The average molecular weight is 419 g/mol. The third-order valence-electron chi connectivity index (χ3n) is 4.73. The van der Waals surface area contributed by atoms with E-state index in [4.69, 9.17) is 4.74 Å². The molecule has 8 nitrogen and oxygen atoms in total. The third kappa shape index (κ3) is 5.53. The zero-order chi connectivity index (χ0) is 20.9. The lowest BCUT2D eigenvalue weighted by molar-refractivity contribution is -0.121. The van der Waals surface area contributed by atoms with E-state index in [1.807, 2.05) is 19.1 Å². The fourth-order valence-corrected chi connectivity index (χ4v) is 4.06. The summed E-state index contributed by atoms with van der Waals surface area (Å²) < 4.78 is 31.5. The molecule has 1 aliphatic heterocycles. The molecule has 1 amide bonds. The Morgan fingerprint density at radius 3 is 2.48 bits per heavy atom. The Bertz CT molecular complexity index is 924. The Balaban J connectivity index is 1.52. The van der Waals surface area contributed by atoms with Crippen molar-refractivity contribution in [3.8, 4) is 0 Å². The van der Waals surface area contributed by atoms with Gasteiger partial charge in [-0.3, -0.25) is 4.79 Å². The van der Waals surface area contributed by atoms with Gasteiger partial charge in [0.25, 0.3) is 0 Å². The number of hydrogen-bond acceptors (Lipinski definition) is 6. The second-order valence-electron chi connectivity index (χ2n) is 6.97. The van der Waals surface area contributed by atoms with Crippen LogP contribution in [-0.4, -0.2) is 63.5 Å². The van der Waals surface area contributed by atoms with Crippen molar-refractivity contribution in [1.29, 1.82) is 0 Å². The number of benzene rings is 1. The molecule has 0 atom stereocenters. The van der Waals surface area contributed by atoms with Crippen LogP contribution in [0.3, 0.4) is 0 Å². The number of hydrogen-bond donors (Lipinski definition) is 1. The number of morpholine rings is 1. The van der Waals surface area contributed by atoms with E-state index in [9.17, 15) is 13.2 Å². The number of ether oxygens (including phenoxy) is 1. The van der Waals surface area contributed by atoms with Gasteiger partial charge in [-0.1, -0.05) is 23.8 Å². The van der Waals surface area contributed by atoms with E-state index < -0.39 is 10.0 Å². The smallest absolute Gasteiger partial charge is 0.243 e. The Morgan fingerprint density at radius 1 is 1.17 bits per heavy atom. The van der Waals surface area contributed by atoms with Crippen LogP contribution in [0.2, 0.25) is 0 Å². The van der Waals surface area contributed by atoms with Gasteiger partial charge in [-0.25, -0.2) is 13.4 Å². The van der Waals surface area contributed by atoms with Crippen molar-refractivity contribution in [3.63, 3.8) is 0 Å². The largest absolute Gasteiger partial charge is 0.378 e. The van der Waals surface area contributed by atoms with E-state index in [1.54, 1.807) is 30.5 Å². The highest BCUT2D eigenvalue weighted by atomic mass is 32.2. The van der Waals surface area contributed by atoms with Crippen molar-refractivity contribution in [2.75, 3.05) is 44.8 Å². The van der Waals surface area contributed by atoms with Crippen molar-refractivity contribution in [2.24, 2.45) is 0 Å². The van der Waals surface area contributed by atoms with E-state index in [0.29, 0.717) is 13.2 Å². The third-order valence-corrected chi connectivity index (χ3v) is 6.55. The van der Waals surface area contributed by atoms with Gasteiger partial charge < -0.3 is 15.0 Å². The maximum atomic E-state index is 12.6. The highest BCUT2D eigenvalue weighted by Gasteiger charge is 2.22. The van der Waals surface area contributed by atoms with Crippen LogP contribution in [-0.2, 0) is 26.1 Å². The number of nitrogens with zero attached hydrogens (tertiary/aromatic N) is 3. The van der Waals surface area contributed by atoms with E-state index in [1.165, 1.54) is 7.05 Å². The van der Waals surface area contributed by atoms with Crippen molar-refractivity contribution < 1.29 is 17.9 Å². The van der Waals surface area contributed by atoms with Crippen LogP contribution in [0.25, 0.3) is 0 Å². The number of anilines is 1. The summed E-state index contributed by atoms with van der Waals surface area (Å²) in [5.74, 6) is 0.507. The number of aromatic nitrogens is 1. The van der Waals surface area contributed by atoms with Gasteiger partial charge in [-0.2, -0.15) is 4.31 Å². The number of likely N-dealkylation sites (N-methyl/N-ethyl adjacent to an activating group) is 1. The molecule has 1 fully saturated rings. The van der Waals surface area contributed by atoms with E-state index in [0.717, 1.165) is 34.3 Å². The first-order chi connectivity index (χ1) is 13.9. The molecular formula is C20H26N4O4S. The molecule has 9 heteroatoms.